The number of halogens is 1. The Morgan fingerprint density at radius 1 is 0.938 bits per heavy atom. The Morgan fingerprint density at radius 3 is 2.25 bits per heavy atom. The highest BCUT2D eigenvalue weighted by Crippen LogP contribution is 2.26. The molecule has 4 rings (SSSR count). The maximum atomic E-state index is 14.5. The van der Waals surface area contributed by atoms with Gasteiger partial charge in [0, 0.05) is 11.9 Å². The second-order valence-electron chi connectivity index (χ2n) is 7.91. The molecule has 0 saturated carbocycles. The van der Waals surface area contributed by atoms with E-state index in [1.807, 2.05) is 32.9 Å². The van der Waals surface area contributed by atoms with Crippen LogP contribution in [0.4, 0.5) is 4.39 Å². The lowest BCUT2D eigenvalue weighted by Gasteiger charge is -2.16. The maximum absolute atomic E-state index is 14.5. The standard InChI is InChI=1S/C25H23FN2O3S/c1-16-12-17(2)21(18(3)13-16)15-28-23-11-7-10-22(26)20(23)14-24(28)25(29)27-32(30,31)19-8-5-4-6-9-19/h4-14H,15H2,1-3H3,(H,27,29). The molecule has 0 aliphatic carbocycles. The highest BCUT2D eigenvalue weighted by Gasteiger charge is 2.24. The van der Waals surface area contributed by atoms with E-state index in [-0.39, 0.29) is 16.0 Å². The second-order valence-corrected chi connectivity index (χ2v) is 9.60. The van der Waals surface area contributed by atoms with Crippen molar-refractivity contribution in [2.45, 2.75) is 32.2 Å². The summed E-state index contributed by atoms with van der Waals surface area (Å²) in [5, 5.41) is 0.261. The Hall–Kier alpha value is -3.45. The molecule has 0 aliphatic rings. The van der Waals surface area contributed by atoms with Crippen LogP contribution in [0.3, 0.4) is 0 Å². The van der Waals surface area contributed by atoms with E-state index in [9.17, 15) is 17.6 Å². The maximum Gasteiger partial charge on any atom is 0.281 e. The number of nitrogens with one attached hydrogen (secondary N) is 1. The lowest BCUT2D eigenvalue weighted by atomic mass is 9.99. The van der Waals surface area contributed by atoms with Crippen LogP contribution in [0.2, 0.25) is 0 Å². The average molecular weight is 451 g/mol. The summed E-state index contributed by atoms with van der Waals surface area (Å²) in [5.74, 6) is -1.29. The molecule has 3 aromatic carbocycles. The van der Waals surface area contributed by atoms with Gasteiger partial charge in [-0.1, -0.05) is 42.0 Å². The summed E-state index contributed by atoms with van der Waals surface area (Å²) in [6.07, 6.45) is 0. The van der Waals surface area contributed by atoms with Crippen molar-refractivity contribution in [2.24, 2.45) is 0 Å². The smallest absolute Gasteiger partial charge is 0.281 e. The monoisotopic (exact) mass is 450 g/mol. The van der Waals surface area contributed by atoms with Crippen LogP contribution in [0.1, 0.15) is 32.7 Å². The van der Waals surface area contributed by atoms with Gasteiger partial charge in [-0.05, 0) is 67.8 Å². The van der Waals surface area contributed by atoms with E-state index in [0.717, 1.165) is 22.3 Å². The minimum absolute atomic E-state index is 0.0209. The molecule has 164 valence electrons. The zero-order chi connectivity index (χ0) is 23.0. The number of carbonyl (C=O) groups excluding carboxylic acids is 1. The minimum atomic E-state index is -4.07. The van der Waals surface area contributed by atoms with E-state index in [1.54, 1.807) is 34.9 Å². The highest BCUT2D eigenvalue weighted by atomic mass is 32.2. The summed E-state index contributed by atoms with van der Waals surface area (Å²) >= 11 is 0. The van der Waals surface area contributed by atoms with Crippen molar-refractivity contribution in [2.75, 3.05) is 0 Å². The molecule has 0 aliphatic heterocycles. The molecule has 0 saturated heterocycles. The summed E-state index contributed by atoms with van der Waals surface area (Å²) in [6, 6.07) is 17.8. The number of hydrogen-bond acceptors (Lipinski definition) is 3. The molecule has 0 bridgehead atoms. The Labute approximate surface area is 186 Å². The van der Waals surface area contributed by atoms with E-state index in [2.05, 4.69) is 4.72 Å². The Kier molecular flexibility index (Phi) is 5.60. The molecule has 1 amide bonds. The Morgan fingerprint density at radius 2 is 1.59 bits per heavy atom. The van der Waals surface area contributed by atoms with Crippen molar-refractivity contribution in [1.29, 1.82) is 0 Å². The van der Waals surface area contributed by atoms with Crippen LogP contribution in [0.5, 0.6) is 0 Å². The number of sulfonamides is 1. The first-order valence-electron chi connectivity index (χ1n) is 10.1. The summed E-state index contributed by atoms with van der Waals surface area (Å²) in [6.45, 7) is 6.29. The molecule has 1 heterocycles. The van der Waals surface area contributed by atoms with E-state index in [0.29, 0.717) is 12.1 Å². The van der Waals surface area contributed by atoms with Gasteiger partial charge in [0.15, 0.2) is 0 Å². The minimum Gasteiger partial charge on any atom is -0.332 e. The summed E-state index contributed by atoms with van der Waals surface area (Å²) in [5.41, 5.74) is 4.81. The third-order valence-corrected chi connectivity index (χ3v) is 6.91. The van der Waals surface area contributed by atoms with Gasteiger partial charge in [-0.3, -0.25) is 4.79 Å². The van der Waals surface area contributed by atoms with Crippen molar-refractivity contribution in [1.82, 2.24) is 9.29 Å². The van der Waals surface area contributed by atoms with Gasteiger partial charge in [0.1, 0.15) is 11.5 Å². The fraction of sp³-hybridized carbons (Fsp3) is 0.160. The number of fused-ring (bicyclic) bond motifs is 1. The third kappa shape index (κ3) is 4.03. The quantitative estimate of drug-likeness (QED) is 0.472. The van der Waals surface area contributed by atoms with Crippen molar-refractivity contribution in [3.05, 3.63) is 100 Å². The predicted molar refractivity (Wildman–Crippen MR) is 123 cm³/mol. The van der Waals surface area contributed by atoms with E-state index in [1.165, 1.54) is 24.3 Å². The molecule has 7 heteroatoms. The number of aromatic nitrogens is 1. The van der Waals surface area contributed by atoms with Gasteiger partial charge in [0.05, 0.1) is 10.4 Å². The summed E-state index contributed by atoms with van der Waals surface area (Å²) in [4.78, 5) is 13.1. The molecule has 0 atom stereocenters. The van der Waals surface area contributed by atoms with Gasteiger partial charge in [-0.15, -0.1) is 0 Å². The predicted octanol–water partition coefficient (Wildman–Crippen LogP) is 4.87. The molecule has 0 spiro atoms. The van der Waals surface area contributed by atoms with Crippen LogP contribution in [0.15, 0.2) is 71.6 Å². The van der Waals surface area contributed by atoms with Crippen LogP contribution < -0.4 is 4.72 Å². The summed E-state index contributed by atoms with van der Waals surface area (Å²) in [7, 11) is -4.07. The van der Waals surface area contributed by atoms with Crippen LogP contribution >= 0.6 is 0 Å². The van der Waals surface area contributed by atoms with Gasteiger partial charge >= 0.3 is 0 Å². The fourth-order valence-electron chi connectivity index (χ4n) is 4.06. The topological polar surface area (TPSA) is 68.2 Å². The Bertz CT molecular complexity index is 1420. The number of hydrogen-bond donors (Lipinski definition) is 1. The lowest BCUT2D eigenvalue weighted by molar-refractivity contribution is 0.0973. The van der Waals surface area contributed by atoms with Gasteiger partial charge < -0.3 is 4.57 Å². The lowest BCUT2D eigenvalue weighted by Crippen LogP contribution is -2.32. The first-order valence-corrected chi connectivity index (χ1v) is 11.6. The van der Waals surface area contributed by atoms with Gasteiger partial charge in [-0.2, -0.15) is 0 Å². The van der Waals surface area contributed by atoms with Crippen molar-refractivity contribution >= 4 is 26.8 Å². The number of amides is 1. The third-order valence-electron chi connectivity index (χ3n) is 5.56. The Balaban J connectivity index is 1.82. The van der Waals surface area contributed by atoms with Crippen LogP contribution in [0, 0.1) is 26.6 Å². The second kappa shape index (κ2) is 8.24. The zero-order valence-electron chi connectivity index (χ0n) is 18.0. The largest absolute Gasteiger partial charge is 0.332 e. The average Bonchev–Trinajstić information content (AvgIpc) is 3.11. The molecular formula is C25H23FN2O3S. The highest BCUT2D eigenvalue weighted by molar-refractivity contribution is 7.90. The zero-order valence-corrected chi connectivity index (χ0v) is 18.8. The SMILES string of the molecule is Cc1cc(C)c(Cn2c(C(=O)NS(=O)(=O)c3ccccc3)cc3c(F)cccc32)c(C)c1. The number of benzene rings is 3. The first-order chi connectivity index (χ1) is 15.2. The van der Waals surface area contributed by atoms with E-state index in [4.69, 9.17) is 0 Å². The number of aryl methyl sites for hydroxylation is 3. The number of rotatable bonds is 5. The van der Waals surface area contributed by atoms with Crippen molar-refractivity contribution < 1.29 is 17.6 Å². The molecular weight excluding hydrogens is 427 g/mol. The normalized spacial score (nSPS) is 11.6. The molecule has 32 heavy (non-hydrogen) atoms. The molecule has 1 N–H and O–H groups in total. The summed E-state index contributed by atoms with van der Waals surface area (Å²) < 4.78 is 43.7. The van der Waals surface area contributed by atoms with Crippen molar-refractivity contribution in [3.63, 3.8) is 0 Å². The molecule has 0 radical (unpaired) electrons. The van der Waals surface area contributed by atoms with E-state index < -0.39 is 21.7 Å². The van der Waals surface area contributed by atoms with Gasteiger partial charge in [-0.25, -0.2) is 17.5 Å². The molecule has 1 aromatic heterocycles. The number of carbonyl (C=O) groups is 1. The van der Waals surface area contributed by atoms with Gasteiger partial charge in [0.25, 0.3) is 15.9 Å². The number of nitrogens with zero attached hydrogens (tertiary/aromatic N) is 1. The first kappa shape index (κ1) is 21.8. The molecule has 0 unspecified atom stereocenters. The molecule has 5 nitrogen and oxygen atoms in total. The molecule has 4 aromatic rings. The van der Waals surface area contributed by atoms with Crippen molar-refractivity contribution in [3.8, 4) is 0 Å². The molecule has 0 fully saturated rings. The van der Waals surface area contributed by atoms with Crippen LogP contribution in [-0.2, 0) is 16.6 Å². The van der Waals surface area contributed by atoms with Crippen LogP contribution in [0.25, 0.3) is 10.9 Å². The van der Waals surface area contributed by atoms with Gasteiger partial charge in [0.2, 0.25) is 0 Å². The fourth-order valence-corrected chi connectivity index (χ4v) is 5.04. The van der Waals surface area contributed by atoms with Crippen LogP contribution in [-0.4, -0.2) is 18.9 Å². The van der Waals surface area contributed by atoms with E-state index >= 15 is 0 Å².